The highest BCUT2D eigenvalue weighted by atomic mass is 35.5. The summed E-state index contributed by atoms with van der Waals surface area (Å²) < 4.78 is 5.88. The fraction of sp³-hybridized carbons (Fsp3) is 0.0800. The molecule has 2 heterocycles. The fourth-order valence-corrected chi connectivity index (χ4v) is 3.55. The smallest absolute Gasteiger partial charge is 0.276 e. The van der Waals surface area contributed by atoms with Gasteiger partial charge in [-0.15, -0.1) is 0 Å². The number of carbonyl (C=O) groups is 2. The molecule has 0 atom stereocenters. The van der Waals surface area contributed by atoms with Gasteiger partial charge in [0.05, 0.1) is 5.69 Å². The zero-order valence-electron chi connectivity index (χ0n) is 16.8. The molecule has 0 N–H and O–H groups in total. The summed E-state index contributed by atoms with van der Waals surface area (Å²) in [6.07, 6.45) is 1.56. The predicted octanol–water partition coefficient (Wildman–Crippen LogP) is 5.71. The number of nitriles is 1. The van der Waals surface area contributed by atoms with Crippen molar-refractivity contribution in [3.63, 3.8) is 0 Å². The summed E-state index contributed by atoms with van der Waals surface area (Å²) >= 11 is 5.94. The highest BCUT2D eigenvalue weighted by molar-refractivity contribution is 6.32. The zero-order valence-corrected chi connectivity index (χ0v) is 17.6. The molecule has 0 saturated heterocycles. The number of halogens is 1. The van der Waals surface area contributed by atoms with Crippen LogP contribution < -0.4 is 4.90 Å². The molecule has 6 heteroatoms. The van der Waals surface area contributed by atoms with Crippen LogP contribution in [0.3, 0.4) is 0 Å². The number of hydrogen-bond acceptors (Lipinski definition) is 4. The van der Waals surface area contributed by atoms with E-state index in [0.717, 1.165) is 16.0 Å². The first kappa shape index (κ1) is 20.4. The standard InChI is InChI=1S/C25H17ClN2O3/c1-15-4-3-5-19(12-15)28-24(29)21(16(2)22(14-27)25(28)30)13-20-10-11-23(31-20)17-6-8-18(26)9-7-17/h3-13H,1-2H3. The number of aryl methyl sites for hydroxylation is 1. The van der Waals surface area contributed by atoms with Gasteiger partial charge in [0.2, 0.25) is 0 Å². The third-order valence-electron chi connectivity index (χ3n) is 5.04. The average molecular weight is 429 g/mol. The summed E-state index contributed by atoms with van der Waals surface area (Å²) in [4.78, 5) is 27.2. The fourth-order valence-electron chi connectivity index (χ4n) is 3.43. The molecule has 0 bridgehead atoms. The first-order valence-corrected chi connectivity index (χ1v) is 9.91. The summed E-state index contributed by atoms with van der Waals surface area (Å²) in [6, 6.07) is 19.7. The van der Waals surface area contributed by atoms with E-state index in [4.69, 9.17) is 16.0 Å². The quantitative estimate of drug-likeness (QED) is 0.396. The lowest BCUT2D eigenvalue weighted by Crippen LogP contribution is -2.42. The summed E-state index contributed by atoms with van der Waals surface area (Å²) in [7, 11) is 0. The van der Waals surface area contributed by atoms with Crippen molar-refractivity contribution in [1.29, 1.82) is 5.26 Å². The molecule has 0 spiro atoms. The lowest BCUT2D eigenvalue weighted by molar-refractivity contribution is -0.122. The van der Waals surface area contributed by atoms with E-state index in [0.29, 0.717) is 27.8 Å². The van der Waals surface area contributed by atoms with Crippen molar-refractivity contribution in [3.8, 4) is 17.4 Å². The van der Waals surface area contributed by atoms with Gasteiger partial charge in [0, 0.05) is 16.2 Å². The number of hydrogen-bond donors (Lipinski definition) is 0. The second kappa shape index (κ2) is 8.10. The monoisotopic (exact) mass is 428 g/mol. The summed E-state index contributed by atoms with van der Waals surface area (Å²) in [5.74, 6) is -0.0883. The summed E-state index contributed by atoms with van der Waals surface area (Å²) in [6.45, 7) is 3.46. The number of rotatable bonds is 3. The second-order valence-electron chi connectivity index (χ2n) is 7.16. The number of carbonyl (C=O) groups excluding carboxylic acids is 2. The van der Waals surface area contributed by atoms with E-state index in [9.17, 15) is 14.9 Å². The molecule has 2 amide bonds. The molecule has 5 nitrogen and oxygen atoms in total. The number of anilines is 1. The van der Waals surface area contributed by atoms with Gasteiger partial charge in [0.1, 0.15) is 23.2 Å². The van der Waals surface area contributed by atoms with Gasteiger partial charge in [0.25, 0.3) is 11.8 Å². The molecule has 1 aromatic heterocycles. The van der Waals surface area contributed by atoms with Gasteiger partial charge in [-0.25, -0.2) is 4.90 Å². The van der Waals surface area contributed by atoms with Crippen LogP contribution in [0.15, 0.2) is 81.8 Å². The highest BCUT2D eigenvalue weighted by Crippen LogP contribution is 2.32. The minimum atomic E-state index is -0.631. The van der Waals surface area contributed by atoms with Gasteiger partial charge in [-0.1, -0.05) is 23.7 Å². The van der Waals surface area contributed by atoms with E-state index in [1.165, 1.54) is 0 Å². The van der Waals surface area contributed by atoms with Crippen molar-refractivity contribution in [1.82, 2.24) is 0 Å². The Morgan fingerprint density at radius 3 is 2.42 bits per heavy atom. The Balaban J connectivity index is 1.78. The number of benzene rings is 2. The molecule has 0 saturated carbocycles. The van der Waals surface area contributed by atoms with Gasteiger partial charge < -0.3 is 4.42 Å². The normalized spacial score (nSPS) is 15.5. The molecule has 4 rings (SSSR count). The third kappa shape index (κ3) is 3.81. The lowest BCUT2D eigenvalue weighted by atomic mass is 9.94. The minimum Gasteiger partial charge on any atom is -0.457 e. The van der Waals surface area contributed by atoms with Crippen molar-refractivity contribution in [2.45, 2.75) is 13.8 Å². The predicted molar refractivity (Wildman–Crippen MR) is 119 cm³/mol. The number of nitrogens with zero attached hydrogens (tertiary/aromatic N) is 2. The van der Waals surface area contributed by atoms with Crippen LogP contribution >= 0.6 is 11.6 Å². The van der Waals surface area contributed by atoms with E-state index in [1.54, 1.807) is 55.5 Å². The number of imide groups is 1. The Morgan fingerprint density at radius 1 is 1.00 bits per heavy atom. The summed E-state index contributed by atoms with van der Waals surface area (Å²) in [5, 5.41) is 10.2. The van der Waals surface area contributed by atoms with Gasteiger partial charge in [0.15, 0.2) is 0 Å². The van der Waals surface area contributed by atoms with Crippen LogP contribution in [0, 0.1) is 18.3 Å². The highest BCUT2D eigenvalue weighted by Gasteiger charge is 2.36. The Hall–Kier alpha value is -3.88. The Labute approximate surface area is 184 Å². The van der Waals surface area contributed by atoms with Gasteiger partial charge in [-0.05, 0) is 79.6 Å². The second-order valence-corrected chi connectivity index (χ2v) is 7.60. The molecule has 3 aromatic rings. The maximum atomic E-state index is 13.3. The van der Waals surface area contributed by atoms with E-state index < -0.39 is 11.8 Å². The first-order chi connectivity index (χ1) is 14.9. The molecule has 1 aliphatic heterocycles. The average Bonchev–Trinajstić information content (AvgIpc) is 3.21. The third-order valence-corrected chi connectivity index (χ3v) is 5.30. The Morgan fingerprint density at radius 2 is 1.74 bits per heavy atom. The molecule has 0 radical (unpaired) electrons. The van der Waals surface area contributed by atoms with Crippen LogP contribution in [0.4, 0.5) is 5.69 Å². The van der Waals surface area contributed by atoms with E-state index in [-0.39, 0.29) is 11.1 Å². The molecular formula is C25H17ClN2O3. The largest absolute Gasteiger partial charge is 0.457 e. The molecule has 0 fully saturated rings. The first-order valence-electron chi connectivity index (χ1n) is 9.53. The van der Waals surface area contributed by atoms with Crippen LogP contribution in [-0.2, 0) is 9.59 Å². The lowest BCUT2D eigenvalue weighted by Gasteiger charge is -2.27. The minimum absolute atomic E-state index is 0.0724. The molecule has 0 aliphatic carbocycles. The maximum Gasteiger partial charge on any atom is 0.276 e. The number of amides is 2. The van der Waals surface area contributed by atoms with Crippen LogP contribution in [0.2, 0.25) is 5.02 Å². The van der Waals surface area contributed by atoms with Gasteiger partial charge >= 0.3 is 0 Å². The van der Waals surface area contributed by atoms with Crippen LogP contribution in [-0.4, -0.2) is 11.8 Å². The van der Waals surface area contributed by atoms with E-state index >= 15 is 0 Å². The van der Waals surface area contributed by atoms with Crippen molar-refractivity contribution < 1.29 is 14.0 Å². The van der Waals surface area contributed by atoms with Crippen LogP contribution in [0.5, 0.6) is 0 Å². The summed E-state index contributed by atoms with van der Waals surface area (Å²) in [5.41, 5.74) is 2.64. The number of furan rings is 1. The van der Waals surface area contributed by atoms with Gasteiger partial charge in [-0.2, -0.15) is 5.26 Å². The van der Waals surface area contributed by atoms with Crippen molar-refractivity contribution in [2.24, 2.45) is 0 Å². The van der Waals surface area contributed by atoms with Crippen LogP contribution in [0.1, 0.15) is 18.2 Å². The maximum absolute atomic E-state index is 13.3. The Bertz CT molecular complexity index is 1310. The van der Waals surface area contributed by atoms with Crippen molar-refractivity contribution >= 4 is 35.2 Å². The van der Waals surface area contributed by atoms with Crippen molar-refractivity contribution in [2.75, 3.05) is 4.90 Å². The van der Waals surface area contributed by atoms with Crippen molar-refractivity contribution in [3.05, 3.63) is 93.7 Å². The molecular weight excluding hydrogens is 412 g/mol. The van der Waals surface area contributed by atoms with Crippen LogP contribution in [0.25, 0.3) is 17.4 Å². The molecule has 152 valence electrons. The van der Waals surface area contributed by atoms with Gasteiger partial charge in [-0.3, -0.25) is 9.59 Å². The topological polar surface area (TPSA) is 74.3 Å². The molecule has 0 unspecified atom stereocenters. The zero-order chi connectivity index (χ0) is 22.1. The van der Waals surface area contributed by atoms with E-state index in [1.807, 2.05) is 31.2 Å². The van der Waals surface area contributed by atoms with E-state index in [2.05, 4.69) is 0 Å². The molecule has 31 heavy (non-hydrogen) atoms. The molecule has 1 aliphatic rings. The Kier molecular flexibility index (Phi) is 5.33. The molecule has 2 aromatic carbocycles. The SMILES string of the molecule is CC1=C(C#N)C(=O)N(c2cccc(C)c2)C(=O)C1=Cc1ccc(-c2ccc(Cl)cc2)o1.